The number of rotatable bonds is 5. The fourth-order valence-electron chi connectivity index (χ4n) is 2.43. The van der Waals surface area contributed by atoms with Crippen LogP contribution in [0.5, 0.6) is 11.6 Å². The number of methoxy groups -OCH3 is 1. The van der Waals surface area contributed by atoms with Crippen LogP contribution < -0.4 is 14.6 Å². The monoisotopic (exact) mass is 418 g/mol. The van der Waals surface area contributed by atoms with Crippen LogP contribution in [0.3, 0.4) is 0 Å². The highest BCUT2D eigenvalue weighted by Crippen LogP contribution is 2.32. The summed E-state index contributed by atoms with van der Waals surface area (Å²) in [6.45, 7) is 0.556. The van der Waals surface area contributed by atoms with E-state index in [1.165, 1.54) is 36.1 Å². The summed E-state index contributed by atoms with van der Waals surface area (Å²) in [6, 6.07) is 4.48. The number of aromatic nitrogens is 3. The van der Waals surface area contributed by atoms with Crippen LogP contribution in [0, 0.1) is 0 Å². The molecule has 0 spiro atoms. The SMILES string of the molecule is COc1nc(-n2cc(S(N)(=O)=O)c3ccc(Cl)cc32)ncc1OC(C)(F)F. The van der Waals surface area contributed by atoms with E-state index in [1.54, 1.807) is 0 Å². The largest absolute Gasteiger partial charge is 0.478 e. The first-order chi connectivity index (χ1) is 12.5. The zero-order valence-corrected chi connectivity index (χ0v) is 15.6. The fraction of sp³-hybridized carbons (Fsp3) is 0.200. The Morgan fingerprint density at radius 1 is 1.33 bits per heavy atom. The van der Waals surface area contributed by atoms with Crippen LogP contribution in [0.1, 0.15) is 6.92 Å². The average Bonchev–Trinajstić information content (AvgIpc) is 2.92. The third-order valence-corrected chi connectivity index (χ3v) is 4.62. The molecule has 0 aliphatic carbocycles. The summed E-state index contributed by atoms with van der Waals surface area (Å²) in [7, 11) is -2.84. The van der Waals surface area contributed by atoms with Gasteiger partial charge >= 0.3 is 6.11 Å². The van der Waals surface area contributed by atoms with Crippen molar-refractivity contribution < 1.29 is 26.7 Å². The Hall–Kier alpha value is -2.50. The zero-order valence-electron chi connectivity index (χ0n) is 14.0. The van der Waals surface area contributed by atoms with Crippen LogP contribution in [-0.4, -0.2) is 36.2 Å². The summed E-state index contributed by atoms with van der Waals surface area (Å²) in [4.78, 5) is 7.80. The first-order valence-electron chi connectivity index (χ1n) is 7.31. The molecule has 2 aromatic heterocycles. The molecule has 0 atom stereocenters. The molecule has 3 rings (SSSR count). The molecule has 0 bridgehead atoms. The van der Waals surface area contributed by atoms with E-state index in [4.69, 9.17) is 21.5 Å². The van der Waals surface area contributed by atoms with Gasteiger partial charge in [0.1, 0.15) is 4.90 Å². The number of hydrogen-bond acceptors (Lipinski definition) is 6. The molecule has 12 heteroatoms. The first-order valence-corrected chi connectivity index (χ1v) is 9.23. The van der Waals surface area contributed by atoms with Gasteiger partial charge in [-0.15, -0.1) is 0 Å². The van der Waals surface area contributed by atoms with Gasteiger partial charge in [0.2, 0.25) is 21.7 Å². The molecule has 0 aliphatic heterocycles. The Bertz CT molecular complexity index is 1130. The number of fused-ring (bicyclic) bond motifs is 1. The van der Waals surface area contributed by atoms with E-state index in [9.17, 15) is 17.2 Å². The molecule has 8 nitrogen and oxygen atoms in total. The van der Waals surface area contributed by atoms with Gasteiger partial charge in [-0.1, -0.05) is 11.6 Å². The van der Waals surface area contributed by atoms with Crippen LogP contribution in [0.4, 0.5) is 8.78 Å². The molecule has 0 radical (unpaired) electrons. The normalized spacial score (nSPS) is 12.4. The first kappa shape index (κ1) is 19.3. The van der Waals surface area contributed by atoms with Crippen LogP contribution in [0.15, 0.2) is 35.5 Å². The second kappa shape index (κ2) is 6.59. The number of ether oxygens (including phenoxy) is 2. The van der Waals surface area contributed by atoms with Gasteiger partial charge in [0, 0.05) is 23.5 Å². The average molecular weight is 419 g/mol. The maximum absolute atomic E-state index is 13.1. The Morgan fingerprint density at radius 3 is 2.63 bits per heavy atom. The van der Waals surface area contributed by atoms with Crippen molar-refractivity contribution in [3.63, 3.8) is 0 Å². The molecule has 0 amide bonds. The van der Waals surface area contributed by atoms with Crippen molar-refractivity contribution >= 4 is 32.5 Å². The predicted octanol–water partition coefficient (Wildman–Crippen LogP) is 2.72. The second-order valence-corrected chi connectivity index (χ2v) is 7.49. The van der Waals surface area contributed by atoms with Crippen LogP contribution >= 0.6 is 11.6 Å². The number of halogens is 3. The number of nitrogens with two attached hydrogens (primary N) is 1. The molecule has 1 aromatic carbocycles. The minimum Gasteiger partial charge on any atom is -0.478 e. The standard InChI is InChI=1S/C15H13ClF2N4O4S/c1-15(17,18)26-11-6-20-14(21-13(11)25-2)22-7-12(27(19,23)24)9-4-3-8(16)5-10(9)22/h3-7H,1-2H3,(H2,19,23,24). The van der Waals surface area contributed by atoms with E-state index in [-0.39, 0.29) is 22.5 Å². The molecule has 0 aliphatic rings. The van der Waals surface area contributed by atoms with E-state index in [2.05, 4.69) is 14.7 Å². The topological polar surface area (TPSA) is 109 Å². The van der Waals surface area contributed by atoms with E-state index in [1.807, 2.05) is 0 Å². The molecule has 2 heterocycles. The molecule has 3 aromatic rings. The maximum atomic E-state index is 13.1. The lowest BCUT2D eigenvalue weighted by Gasteiger charge is -2.15. The highest BCUT2D eigenvalue weighted by molar-refractivity contribution is 7.89. The molecule has 0 fully saturated rings. The molecule has 27 heavy (non-hydrogen) atoms. The van der Waals surface area contributed by atoms with Gasteiger partial charge < -0.3 is 9.47 Å². The molecule has 2 N–H and O–H groups in total. The molecule has 0 unspecified atom stereocenters. The van der Waals surface area contributed by atoms with Gasteiger partial charge in [0.05, 0.1) is 18.8 Å². The number of nitrogens with zero attached hydrogens (tertiary/aromatic N) is 3. The lowest BCUT2D eigenvalue weighted by molar-refractivity contribution is -0.160. The van der Waals surface area contributed by atoms with Gasteiger partial charge in [0.25, 0.3) is 5.88 Å². The Morgan fingerprint density at radius 2 is 2.04 bits per heavy atom. The van der Waals surface area contributed by atoms with E-state index >= 15 is 0 Å². The minimum absolute atomic E-state index is 0.0548. The number of sulfonamides is 1. The minimum atomic E-state index is -4.05. The number of benzene rings is 1. The van der Waals surface area contributed by atoms with Crippen molar-refractivity contribution in [3.05, 3.63) is 35.6 Å². The molecular weight excluding hydrogens is 406 g/mol. The van der Waals surface area contributed by atoms with Crippen molar-refractivity contribution in [2.75, 3.05) is 7.11 Å². The second-order valence-electron chi connectivity index (χ2n) is 5.52. The summed E-state index contributed by atoms with van der Waals surface area (Å²) >= 11 is 6.00. The van der Waals surface area contributed by atoms with Crippen molar-refractivity contribution in [2.24, 2.45) is 5.14 Å². The Kier molecular flexibility index (Phi) is 4.70. The van der Waals surface area contributed by atoms with Crippen molar-refractivity contribution in [1.82, 2.24) is 14.5 Å². The highest BCUT2D eigenvalue weighted by atomic mass is 35.5. The van der Waals surface area contributed by atoms with Crippen molar-refractivity contribution in [3.8, 4) is 17.6 Å². The third kappa shape index (κ3) is 3.94. The molecule has 0 saturated heterocycles. The van der Waals surface area contributed by atoms with Gasteiger partial charge in [-0.2, -0.15) is 13.8 Å². The van der Waals surface area contributed by atoms with Crippen molar-refractivity contribution in [2.45, 2.75) is 17.9 Å². The molecule has 0 saturated carbocycles. The van der Waals surface area contributed by atoms with Crippen LogP contribution in [0.25, 0.3) is 16.9 Å². The zero-order chi connectivity index (χ0) is 20.0. The van der Waals surface area contributed by atoms with Gasteiger partial charge in [-0.25, -0.2) is 18.5 Å². The van der Waals surface area contributed by atoms with E-state index in [0.29, 0.717) is 22.8 Å². The fourth-order valence-corrected chi connectivity index (χ4v) is 3.33. The number of primary sulfonamides is 1. The summed E-state index contributed by atoms with van der Waals surface area (Å²) in [5.41, 5.74) is 0.350. The van der Waals surface area contributed by atoms with E-state index in [0.717, 1.165) is 6.20 Å². The molecular formula is C15H13ClF2N4O4S. The van der Waals surface area contributed by atoms with Gasteiger partial charge in [-0.3, -0.25) is 4.57 Å². The summed E-state index contributed by atoms with van der Waals surface area (Å²) in [5, 5.41) is 5.89. The lowest BCUT2D eigenvalue weighted by atomic mass is 10.2. The maximum Gasteiger partial charge on any atom is 0.395 e. The third-order valence-electron chi connectivity index (χ3n) is 3.45. The quantitative estimate of drug-likeness (QED) is 0.682. The smallest absolute Gasteiger partial charge is 0.395 e. The summed E-state index contributed by atoms with van der Waals surface area (Å²) in [5.74, 6) is -0.696. The highest BCUT2D eigenvalue weighted by Gasteiger charge is 2.27. The van der Waals surface area contributed by atoms with Crippen LogP contribution in [0.2, 0.25) is 5.02 Å². The lowest BCUT2D eigenvalue weighted by Crippen LogP contribution is -2.20. The number of alkyl halides is 2. The Balaban J connectivity index is 2.22. The summed E-state index contributed by atoms with van der Waals surface area (Å²) < 4.78 is 60.7. The van der Waals surface area contributed by atoms with Gasteiger partial charge in [0.15, 0.2) is 0 Å². The summed E-state index contributed by atoms with van der Waals surface area (Å²) in [6.07, 6.45) is -1.27. The van der Waals surface area contributed by atoms with E-state index < -0.39 is 16.1 Å². The Labute approximate surface area is 157 Å². The van der Waals surface area contributed by atoms with Crippen LogP contribution in [-0.2, 0) is 10.0 Å². The van der Waals surface area contributed by atoms with Crippen molar-refractivity contribution in [1.29, 1.82) is 0 Å². The molecule has 144 valence electrons. The van der Waals surface area contributed by atoms with Gasteiger partial charge in [-0.05, 0) is 18.2 Å². The predicted molar refractivity (Wildman–Crippen MR) is 93.0 cm³/mol. The number of hydrogen-bond donors (Lipinski definition) is 1.